The van der Waals surface area contributed by atoms with Crippen molar-refractivity contribution in [2.24, 2.45) is 17.8 Å². The van der Waals surface area contributed by atoms with Crippen molar-refractivity contribution in [1.29, 1.82) is 0 Å². The second kappa shape index (κ2) is 9.43. The van der Waals surface area contributed by atoms with Crippen LogP contribution in [0.2, 0.25) is 0 Å². The molecule has 0 aliphatic carbocycles. The topological polar surface area (TPSA) is 105 Å². The minimum absolute atomic E-state index is 0.132. The Morgan fingerprint density at radius 1 is 1.21 bits per heavy atom. The number of carboxylic acid groups (broad SMARTS) is 1. The molecule has 4 unspecified atom stereocenters. The quantitative estimate of drug-likeness (QED) is 0.503. The number of ether oxygens (including phenoxy) is 2. The van der Waals surface area contributed by atoms with Gasteiger partial charge in [0, 0.05) is 26.1 Å². The van der Waals surface area contributed by atoms with Gasteiger partial charge in [-0.1, -0.05) is 13.8 Å². The average molecular weight is 413 g/mol. The fraction of sp³-hybridized carbons (Fsp3) is 0.857. The standard InChI is InChI=1S/C21H36N2O6/c1-14-10-20(4,28-5)11-15(2)17(24)16(3)18(25)29-13-21(22-12-14)6-8-23(9-7-21)19(26)27/h14-16,22H,6-13H2,1-5H3,(H,26,27). The lowest BCUT2D eigenvalue weighted by atomic mass is 9.81. The summed E-state index contributed by atoms with van der Waals surface area (Å²) < 4.78 is 11.3. The first-order valence-corrected chi connectivity index (χ1v) is 10.5. The molecule has 2 saturated heterocycles. The van der Waals surface area contributed by atoms with Gasteiger partial charge in [0.1, 0.15) is 18.3 Å². The lowest BCUT2D eigenvalue weighted by Crippen LogP contribution is -2.58. The van der Waals surface area contributed by atoms with Crippen LogP contribution >= 0.6 is 0 Å². The first-order valence-electron chi connectivity index (χ1n) is 10.5. The molecule has 2 aliphatic heterocycles. The van der Waals surface area contributed by atoms with Crippen LogP contribution in [-0.4, -0.2) is 72.3 Å². The number of methoxy groups -OCH3 is 1. The Morgan fingerprint density at radius 3 is 2.38 bits per heavy atom. The average Bonchev–Trinajstić information content (AvgIpc) is 2.69. The maximum absolute atomic E-state index is 12.8. The molecule has 4 atom stereocenters. The normalized spacial score (nSPS) is 34.7. The molecule has 0 radical (unpaired) electrons. The zero-order valence-electron chi connectivity index (χ0n) is 18.3. The van der Waals surface area contributed by atoms with Crippen molar-refractivity contribution in [3.8, 4) is 0 Å². The molecule has 1 spiro atoms. The van der Waals surface area contributed by atoms with Crippen molar-refractivity contribution in [2.75, 3.05) is 33.4 Å². The van der Waals surface area contributed by atoms with Gasteiger partial charge in [-0.2, -0.15) is 0 Å². The van der Waals surface area contributed by atoms with Crippen molar-refractivity contribution < 1.29 is 29.0 Å². The molecule has 2 aliphatic rings. The summed E-state index contributed by atoms with van der Waals surface area (Å²) in [5.74, 6) is -1.52. The monoisotopic (exact) mass is 412 g/mol. The fourth-order valence-electron chi connectivity index (χ4n) is 4.57. The Bertz CT molecular complexity index is 616. The predicted octanol–water partition coefficient (Wildman–Crippen LogP) is 2.31. The molecule has 8 heteroatoms. The Hall–Kier alpha value is -1.67. The largest absolute Gasteiger partial charge is 0.465 e. The predicted molar refractivity (Wildman–Crippen MR) is 108 cm³/mol. The van der Waals surface area contributed by atoms with Crippen LogP contribution in [0.1, 0.15) is 53.4 Å². The Kier molecular flexibility index (Phi) is 7.67. The highest BCUT2D eigenvalue weighted by atomic mass is 16.5. The van der Waals surface area contributed by atoms with Crippen molar-refractivity contribution in [1.82, 2.24) is 10.2 Å². The lowest BCUT2D eigenvalue weighted by molar-refractivity contribution is -0.155. The van der Waals surface area contributed by atoms with Crippen molar-refractivity contribution >= 4 is 17.8 Å². The van der Waals surface area contributed by atoms with E-state index in [0.29, 0.717) is 38.9 Å². The number of rotatable bonds is 1. The van der Waals surface area contributed by atoms with E-state index >= 15 is 0 Å². The van der Waals surface area contributed by atoms with Gasteiger partial charge in [-0.25, -0.2) is 4.79 Å². The van der Waals surface area contributed by atoms with E-state index in [4.69, 9.17) is 9.47 Å². The number of esters is 1. The molecule has 2 N–H and O–H groups in total. The van der Waals surface area contributed by atoms with Gasteiger partial charge in [0.05, 0.1) is 11.1 Å². The van der Waals surface area contributed by atoms with Gasteiger partial charge in [0.25, 0.3) is 0 Å². The van der Waals surface area contributed by atoms with Gasteiger partial charge >= 0.3 is 12.1 Å². The Morgan fingerprint density at radius 2 is 1.83 bits per heavy atom. The van der Waals surface area contributed by atoms with Crippen LogP contribution in [0.15, 0.2) is 0 Å². The minimum Gasteiger partial charge on any atom is -0.465 e. The number of carbonyl (C=O) groups is 3. The number of carbonyl (C=O) groups excluding carboxylic acids is 2. The number of ketones is 1. The van der Waals surface area contributed by atoms with E-state index < -0.39 is 29.1 Å². The van der Waals surface area contributed by atoms with Gasteiger partial charge in [0.2, 0.25) is 0 Å². The summed E-state index contributed by atoms with van der Waals surface area (Å²) in [6.07, 6.45) is 1.50. The number of hydrogen-bond acceptors (Lipinski definition) is 6. The Balaban J connectivity index is 2.23. The molecule has 0 saturated carbocycles. The van der Waals surface area contributed by atoms with Crippen LogP contribution < -0.4 is 5.32 Å². The highest BCUT2D eigenvalue weighted by Gasteiger charge is 2.40. The third kappa shape index (κ3) is 5.92. The van der Waals surface area contributed by atoms with Gasteiger partial charge in [-0.05, 0) is 52.0 Å². The van der Waals surface area contributed by atoms with Gasteiger partial charge in [-0.3, -0.25) is 9.59 Å². The van der Waals surface area contributed by atoms with Crippen molar-refractivity contribution in [3.05, 3.63) is 0 Å². The molecule has 2 heterocycles. The third-order valence-electron chi connectivity index (χ3n) is 6.58. The number of Topliss-reactive ketones (excluding diaryl/α,β-unsaturated/α-hetero) is 1. The first kappa shape index (κ1) is 23.6. The maximum Gasteiger partial charge on any atom is 0.407 e. The second-order valence-electron chi connectivity index (χ2n) is 9.23. The van der Waals surface area contributed by atoms with E-state index in [-0.39, 0.29) is 24.2 Å². The van der Waals surface area contributed by atoms with Crippen LogP contribution in [0.5, 0.6) is 0 Å². The smallest absolute Gasteiger partial charge is 0.407 e. The molecule has 2 rings (SSSR count). The maximum atomic E-state index is 12.8. The van der Waals surface area contributed by atoms with Crippen molar-refractivity contribution in [3.63, 3.8) is 0 Å². The molecule has 29 heavy (non-hydrogen) atoms. The molecule has 2 fully saturated rings. The molecule has 0 bridgehead atoms. The summed E-state index contributed by atoms with van der Waals surface area (Å²) in [7, 11) is 1.66. The SMILES string of the molecule is COC1(C)CC(C)CNC2(CCN(C(=O)O)CC2)COC(=O)C(C)C(=O)C(C)C1. The number of amides is 1. The lowest BCUT2D eigenvalue weighted by Gasteiger charge is -2.42. The summed E-state index contributed by atoms with van der Waals surface area (Å²) in [5.41, 5.74) is -0.949. The minimum atomic E-state index is -0.932. The number of nitrogens with one attached hydrogen (secondary N) is 1. The highest BCUT2D eigenvalue weighted by molar-refractivity contribution is 5.99. The second-order valence-corrected chi connectivity index (χ2v) is 9.23. The number of nitrogens with zero attached hydrogens (tertiary/aromatic N) is 1. The molecule has 0 aromatic rings. The van der Waals surface area contributed by atoms with Crippen LogP contribution in [0.3, 0.4) is 0 Å². The van der Waals surface area contributed by atoms with Crippen LogP contribution in [0.4, 0.5) is 4.79 Å². The number of cyclic esters (lactones) is 1. The van der Waals surface area contributed by atoms with E-state index in [2.05, 4.69) is 12.2 Å². The highest BCUT2D eigenvalue weighted by Crippen LogP contribution is 2.31. The van der Waals surface area contributed by atoms with E-state index in [1.165, 1.54) is 4.90 Å². The van der Waals surface area contributed by atoms with Gasteiger partial charge in [0.15, 0.2) is 0 Å². The summed E-state index contributed by atoms with van der Waals surface area (Å²) in [6, 6.07) is 0. The molecule has 1 amide bonds. The van der Waals surface area contributed by atoms with Crippen LogP contribution in [0, 0.1) is 17.8 Å². The molecule has 0 aromatic heterocycles. The zero-order valence-corrected chi connectivity index (χ0v) is 18.3. The first-order chi connectivity index (χ1) is 13.5. The van der Waals surface area contributed by atoms with Crippen molar-refractivity contribution in [2.45, 2.75) is 64.5 Å². The Labute approximate surface area is 173 Å². The molecule has 166 valence electrons. The van der Waals surface area contributed by atoms with Gasteiger partial charge in [-0.15, -0.1) is 0 Å². The fourth-order valence-corrected chi connectivity index (χ4v) is 4.57. The molecular formula is C21H36N2O6. The summed E-state index contributed by atoms with van der Waals surface area (Å²) in [4.78, 5) is 38.0. The third-order valence-corrected chi connectivity index (χ3v) is 6.58. The van der Waals surface area contributed by atoms with E-state index in [0.717, 1.165) is 6.42 Å². The van der Waals surface area contributed by atoms with Gasteiger partial charge < -0.3 is 24.8 Å². The number of piperidine rings is 1. The van der Waals surface area contributed by atoms with Crippen LogP contribution in [-0.2, 0) is 19.1 Å². The zero-order chi connectivity index (χ0) is 21.8. The summed E-state index contributed by atoms with van der Waals surface area (Å²) in [5, 5.41) is 12.8. The van der Waals surface area contributed by atoms with Crippen LogP contribution in [0.25, 0.3) is 0 Å². The number of likely N-dealkylation sites (tertiary alicyclic amines) is 1. The summed E-state index contributed by atoms with van der Waals surface area (Å²) in [6.45, 7) is 9.18. The summed E-state index contributed by atoms with van der Waals surface area (Å²) >= 11 is 0. The van der Waals surface area contributed by atoms with E-state index in [1.54, 1.807) is 14.0 Å². The number of hydrogen-bond donors (Lipinski definition) is 2. The molecule has 0 aromatic carbocycles. The molecule has 8 nitrogen and oxygen atoms in total. The van der Waals surface area contributed by atoms with E-state index in [1.807, 2.05) is 13.8 Å². The van der Waals surface area contributed by atoms with E-state index in [9.17, 15) is 19.5 Å². The molecular weight excluding hydrogens is 376 g/mol.